The van der Waals surface area contributed by atoms with Gasteiger partial charge in [0.25, 0.3) is 0 Å². The summed E-state index contributed by atoms with van der Waals surface area (Å²) in [6.45, 7) is 0. The van der Waals surface area contributed by atoms with Crippen LogP contribution in [0.4, 0.5) is 4.79 Å². The third-order valence-corrected chi connectivity index (χ3v) is 2.03. The number of carboxylic acid groups (broad SMARTS) is 1. The van der Waals surface area contributed by atoms with Crippen LogP contribution in [0.15, 0.2) is 0 Å². The lowest BCUT2D eigenvalue weighted by molar-refractivity contribution is -0.139. The fourth-order valence-electron chi connectivity index (χ4n) is 0.694. The Morgan fingerprint density at radius 3 is 2.62 bits per heavy atom. The lowest BCUT2D eigenvalue weighted by Crippen LogP contribution is -2.41. The van der Waals surface area contributed by atoms with Crippen LogP contribution < -0.4 is 5.32 Å². The van der Waals surface area contributed by atoms with Gasteiger partial charge in [0.1, 0.15) is 6.04 Å². The molecule has 0 fully saturated rings. The second kappa shape index (κ2) is 6.59. The topological polar surface area (TPSA) is 75.6 Å². The first kappa shape index (κ1) is 12.1. The van der Waals surface area contributed by atoms with Crippen LogP contribution in [-0.2, 0) is 9.53 Å². The molecule has 0 radical (unpaired) electrons. The molecule has 1 atom stereocenters. The first-order valence-electron chi connectivity index (χ1n) is 3.68. The first-order chi connectivity index (χ1) is 6.11. The molecule has 0 aromatic carbocycles. The molecule has 1 amide bonds. The highest BCUT2D eigenvalue weighted by molar-refractivity contribution is 7.98. The van der Waals surface area contributed by atoms with E-state index in [2.05, 4.69) is 10.1 Å². The number of amides is 1. The molecule has 0 aromatic rings. The summed E-state index contributed by atoms with van der Waals surface area (Å²) in [5.74, 6) is -0.361. The van der Waals surface area contributed by atoms with E-state index in [1.54, 1.807) is 0 Å². The van der Waals surface area contributed by atoms with Crippen LogP contribution in [0.2, 0.25) is 0 Å². The molecule has 13 heavy (non-hydrogen) atoms. The summed E-state index contributed by atoms with van der Waals surface area (Å²) in [5, 5.41) is 10.9. The second-order valence-corrected chi connectivity index (χ2v) is 3.29. The normalized spacial score (nSPS) is 11.8. The highest BCUT2D eigenvalue weighted by Crippen LogP contribution is 2.01. The predicted molar refractivity (Wildman–Crippen MR) is 50.0 cm³/mol. The van der Waals surface area contributed by atoms with Crippen LogP contribution in [0.3, 0.4) is 0 Å². The van der Waals surface area contributed by atoms with E-state index in [4.69, 9.17) is 5.11 Å². The molecule has 1 unspecified atom stereocenters. The standard InChI is InChI=1S/C7H13NO4S/c1-12-7(11)8-5(6(9)10)3-4-13-2/h5H,3-4H2,1-2H3,(H,8,11)(H,9,10). The van der Waals surface area contributed by atoms with Crippen molar-refractivity contribution < 1.29 is 19.4 Å². The predicted octanol–water partition coefficient (Wildman–Crippen LogP) is 0.549. The Labute approximate surface area is 80.8 Å². The Bertz CT molecular complexity index is 185. The van der Waals surface area contributed by atoms with Gasteiger partial charge in [0.05, 0.1) is 7.11 Å². The lowest BCUT2D eigenvalue weighted by Gasteiger charge is -2.12. The van der Waals surface area contributed by atoms with E-state index in [0.29, 0.717) is 12.2 Å². The maximum absolute atomic E-state index is 10.7. The van der Waals surface area contributed by atoms with Crippen LogP contribution in [-0.4, -0.2) is 42.3 Å². The third kappa shape index (κ3) is 5.35. The average Bonchev–Trinajstić information content (AvgIpc) is 2.11. The summed E-state index contributed by atoms with van der Waals surface area (Å²) in [6, 6.07) is -0.861. The minimum Gasteiger partial charge on any atom is -0.480 e. The number of nitrogens with one attached hydrogen (secondary N) is 1. The largest absolute Gasteiger partial charge is 0.480 e. The highest BCUT2D eigenvalue weighted by atomic mass is 32.2. The summed E-state index contributed by atoms with van der Waals surface area (Å²) >= 11 is 1.53. The number of carbonyl (C=O) groups excluding carboxylic acids is 1. The van der Waals surface area contributed by atoms with E-state index < -0.39 is 18.1 Å². The van der Waals surface area contributed by atoms with Crippen LogP contribution in [0, 0.1) is 0 Å². The minimum absolute atomic E-state index is 0.394. The molecular formula is C7H13NO4S. The van der Waals surface area contributed by atoms with Gasteiger partial charge in [0.2, 0.25) is 0 Å². The molecule has 0 aliphatic carbocycles. The van der Waals surface area contributed by atoms with Crippen molar-refractivity contribution in [1.29, 1.82) is 0 Å². The number of rotatable bonds is 5. The van der Waals surface area contributed by atoms with Crippen molar-refractivity contribution in [3.05, 3.63) is 0 Å². The van der Waals surface area contributed by atoms with Crippen molar-refractivity contribution in [2.24, 2.45) is 0 Å². The van der Waals surface area contributed by atoms with E-state index in [9.17, 15) is 9.59 Å². The van der Waals surface area contributed by atoms with Gasteiger partial charge in [-0.05, 0) is 18.4 Å². The minimum atomic E-state index is -1.04. The van der Waals surface area contributed by atoms with Crippen molar-refractivity contribution in [2.75, 3.05) is 19.1 Å². The molecule has 6 heteroatoms. The van der Waals surface area contributed by atoms with Crippen molar-refractivity contribution in [1.82, 2.24) is 5.32 Å². The lowest BCUT2D eigenvalue weighted by atomic mass is 10.2. The van der Waals surface area contributed by atoms with Crippen LogP contribution in [0.25, 0.3) is 0 Å². The fraction of sp³-hybridized carbons (Fsp3) is 0.714. The van der Waals surface area contributed by atoms with Gasteiger partial charge in [-0.1, -0.05) is 0 Å². The van der Waals surface area contributed by atoms with Crippen molar-refractivity contribution in [3.63, 3.8) is 0 Å². The first-order valence-corrected chi connectivity index (χ1v) is 5.07. The van der Waals surface area contributed by atoms with Crippen molar-refractivity contribution in [2.45, 2.75) is 12.5 Å². The number of methoxy groups -OCH3 is 1. The number of carboxylic acids is 1. The molecular weight excluding hydrogens is 194 g/mol. The summed E-state index contributed by atoms with van der Waals surface area (Å²) < 4.78 is 4.29. The van der Waals surface area contributed by atoms with Crippen LogP contribution in [0.1, 0.15) is 6.42 Å². The molecule has 0 aromatic heterocycles. The number of carbonyl (C=O) groups is 2. The van der Waals surface area contributed by atoms with Gasteiger partial charge in [0, 0.05) is 0 Å². The zero-order valence-corrected chi connectivity index (χ0v) is 8.39. The van der Waals surface area contributed by atoms with Gasteiger partial charge in [-0.15, -0.1) is 0 Å². The molecule has 0 aliphatic heterocycles. The summed E-state index contributed by atoms with van der Waals surface area (Å²) in [7, 11) is 1.20. The van der Waals surface area contributed by atoms with Gasteiger partial charge >= 0.3 is 12.1 Å². The van der Waals surface area contributed by atoms with Crippen molar-refractivity contribution >= 4 is 23.8 Å². The molecule has 76 valence electrons. The molecule has 0 heterocycles. The maximum atomic E-state index is 10.7. The molecule has 0 aliphatic rings. The molecule has 0 spiro atoms. The van der Waals surface area contributed by atoms with Crippen molar-refractivity contribution in [3.8, 4) is 0 Å². The molecule has 5 nitrogen and oxygen atoms in total. The number of thioether (sulfide) groups is 1. The van der Waals surface area contributed by atoms with E-state index in [1.165, 1.54) is 18.9 Å². The maximum Gasteiger partial charge on any atom is 0.407 e. The number of hydrogen-bond donors (Lipinski definition) is 2. The summed E-state index contributed by atoms with van der Waals surface area (Å²) in [4.78, 5) is 21.3. The molecule has 0 bridgehead atoms. The third-order valence-electron chi connectivity index (χ3n) is 1.39. The van der Waals surface area contributed by atoms with E-state index in [0.717, 1.165) is 0 Å². The Kier molecular flexibility index (Phi) is 6.13. The molecule has 0 rings (SSSR count). The van der Waals surface area contributed by atoms with Gasteiger partial charge < -0.3 is 15.2 Å². The highest BCUT2D eigenvalue weighted by Gasteiger charge is 2.19. The smallest absolute Gasteiger partial charge is 0.407 e. The van der Waals surface area contributed by atoms with Crippen LogP contribution >= 0.6 is 11.8 Å². The fourth-order valence-corrected chi connectivity index (χ4v) is 1.17. The Hall–Kier alpha value is -0.910. The number of aliphatic carboxylic acids is 1. The molecule has 2 N–H and O–H groups in total. The Balaban J connectivity index is 3.94. The summed E-state index contributed by atoms with van der Waals surface area (Å²) in [5.41, 5.74) is 0. The van der Waals surface area contributed by atoms with E-state index in [-0.39, 0.29) is 0 Å². The molecule has 0 saturated heterocycles. The Morgan fingerprint density at radius 2 is 2.23 bits per heavy atom. The number of ether oxygens (including phenoxy) is 1. The van der Waals surface area contributed by atoms with Crippen LogP contribution in [0.5, 0.6) is 0 Å². The zero-order valence-electron chi connectivity index (χ0n) is 7.57. The summed E-state index contributed by atoms with van der Waals surface area (Å²) in [6.07, 6.45) is 1.55. The van der Waals surface area contributed by atoms with Gasteiger partial charge in [-0.25, -0.2) is 9.59 Å². The number of alkyl carbamates (subject to hydrolysis) is 1. The Morgan fingerprint density at radius 1 is 1.62 bits per heavy atom. The van der Waals surface area contributed by atoms with Gasteiger partial charge in [-0.3, -0.25) is 0 Å². The average molecular weight is 207 g/mol. The zero-order chi connectivity index (χ0) is 10.3. The second-order valence-electron chi connectivity index (χ2n) is 2.31. The monoisotopic (exact) mass is 207 g/mol. The molecule has 0 saturated carbocycles. The van der Waals surface area contributed by atoms with Gasteiger partial charge in [0.15, 0.2) is 0 Å². The quantitative estimate of drug-likeness (QED) is 0.688. The number of hydrogen-bond acceptors (Lipinski definition) is 4. The SMILES string of the molecule is COC(=O)NC(CCSC)C(=O)O. The van der Waals surface area contributed by atoms with Gasteiger partial charge in [-0.2, -0.15) is 11.8 Å². The van der Waals surface area contributed by atoms with E-state index >= 15 is 0 Å². The van der Waals surface area contributed by atoms with E-state index in [1.807, 2.05) is 6.26 Å².